The topological polar surface area (TPSA) is 41.1 Å². The van der Waals surface area contributed by atoms with Crippen LogP contribution in [0.1, 0.15) is 26.3 Å². The molecule has 1 aromatic rings. The highest BCUT2D eigenvalue weighted by Crippen LogP contribution is 2.23. The van der Waals surface area contributed by atoms with E-state index in [-0.39, 0.29) is 11.3 Å². The van der Waals surface area contributed by atoms with Crippen LogP contribution in [0.3, 0.4) is 0 Å². The Hall–Kier alpha value is -0.870. The maximum absolute atomic E-state index is 11.8. The standard InChI is InChI=1S/C13H19ClN2OS/c1-13(2,3)12(17)15-7-9-4-5-10(14)11(6-9)16-8-18/h4-6,16,18H,7-8H2,1-3H3,(H,15,17). The molecule has 0 aromatic heterocycles. The summed E-state index contributed by atoms with van der Waals surface area (Å²) < 4.78 is 0. The predicted octanol–water partition coefficient (Wildman–Crippen LogP) is 3.30. The summed E-state index contributed by atoms with van der Waals surface area (Å²) in [6.07, 6.45) is 0. The number of halogens is 1. The normalized spacial score (nSPS) is 11.2. The molecular formula is C13H19ClN2OS. The molecule has 2 N–H and O–H groups in total. The number of benzene rings is 1. The van der Waals surface area contributed by atoms with Crippen LogP contribution < -0.4 is 10.6 Å². The molecule has 5 heteroatoms. The van der Waals surface area contributed by atoms with Gasteiger partial charge in [-0.2, -0.15) is 12.6 Å². The molecule has 0 aliphatic rings. The second kappa shape index (κ2) is 6.34. The molecule has 0 unspecified atom stereocenters. The summed E-state index contributed by atoms with van der Waals surface area (Å²) in [6.45, 7) is 6.16. The van der Waals surface area contributed by atoms with E-state index in [9.17, 15) is 4.79 Å². The number of hydrogen-bond acceptors (Lipinski definition) is 3. The maximum Gasteiger partial charge on any atom is 0.225 e. The first-order valence-corrected chi connectivity index (χ1v) is 6.77. The Morgan fingerprint density at radius 3 is 2.61 bits per heavy atom. The fraction of sp³-hybridized carbons (Fsp3) is 0.462. The molecule has 0 saturated heterocycles. The summed E-state index contributed by atoms with van der Waals surface area (Å²) in [4.78, 5) is 11.8. The first kappa shape index (κ1) is 15.2. The van der Waals surface area contributed by atoms with Crippen LogP contribution in [0, 0.1) is 5.41 Å². The lowest BCUT2D eigenvalue weighted by atomic mass is 9.95. The number of carbonyl (C=O) groups excluding carboxylic acids is 1. The van der Waals surface area contributed by atoms with E-state index in [0.717, 1.165) is 11.3 Å². The minimum atomic E-state index is -0.376. The van der Waals surface area contributed by atoms with Crippen LogP contribution in [0.2, 0.25) is 5.02 Å². The zero-order valence-electron chi connectivity index (χ0n) is 10.9. The molecule has 0 heterocycles. The molecule has 0 saturated carbocycles. The van der Waals surface area contributed by atoms with Gasteiger partial charge in [0.1, 0.15) is 0 Å². The Morgan fingerprint density at radius 2 is 2.06 bits per heavy atom. The van der Waals surface area contributed by atoms with Crippen molar-refractivity contribution in [1.29, 1.82) is 0 Å². The second-order valence-corrected chi connectivity index (χ2v) is 5.81. The number of rotatable bonds is 4. The third-order valence-electron chi connectivity index (χ3n) is 2.43. The molecule has 0 fully saturated rings. The highest BCUT2D eigenvalue weighted by Gasteiger charge is 2.20. The van der Waals surface area contributed by atoms with E-state index in [4.69, 9.17) is 11.6 Å². The van der Waals surface area contributed by atoms with Crippen molar-refractivity contribution < 1.29 is 4.79 Å². The largest absolute Gasteiger partial charge is 0.375 e. The van der Waals surface area contributed by atoms with Crippen LogP contribution in [0.15, 0.2) is 18.2 Å². The first-order chi connectivity index (χ1) is 8.34. The quantitative estimate of drug-likeness (QED) is 0.587. The van der Waals surface area contributed by atoms with E-state index in [1.165, 1.54) is 0 Å². The predicted molar refractivity (Wildman–Crippen MR) is 80.2 cm³/mol. The minimum Gasteiger partial charge on any atom is -0.375 e. The van der Waals surface area contributed by atoms with Crippen molar-refractivity contribution >= 4 is 35.8 Å². The van der Waals surface area contributed by atoms with Gasteiger partial charge in [-0.1, -0.05) is 38.4 Å². The molecule has 0 radical (unpaired) electrons. The molecule has 0 aliphatic carbocycles. The molecule has 1 aromatic carbocycles. The summed E-state index contributed by atoms with van der Waals surface area (Å²) in [7, 11) is 0. The molecule has 0 bridgehead atoms. The van der Waals surface area contributed by atoms with Crippen molar-refractivity contribution in [3.8, 4) is 0 Å². The molecule has 0 atom stereocenters. The Labute approximate surface area is 119 Å². The van der Waals surface area contributed by atoms with Crippen LogP contribution in [0.25, 0.3) is 0 Å². The third-order valence-corrected chi connectivity index (χ3v) is 2.92. The minimum absolute atomic E-state index is 0.0288. The second-order valence-electron chi connectivity index (χ2n) is 5.08. The van der Waals surface area contributed by atoms with E-state index in [1.807, 2.05) is 39.0 Å². The third kappa shape index (κ3) is 4.42. The first-order valence-electron chi connectivity index (χ1n) is 5.76. The lowest BCUT2D eigenvalue weighted by molar-refractivity contribution is -0.128. The zero-order valence-corrected chi connectivity index (χ0v) is 12.5. The van der Waals surface area contributed by atoms with Crippen LogP contribution in [0.4, 0.5) is 5.69 Å². The van der Waals surface area contributed by atoms with Gasteiger partial charge in [-0.15, -0.1) is 0 Å². The van der Waals surface area contributed by atoms with E-state index in [0.29, 0.717) is 17.4 Å². The van der Waals surface area contributed by atoms with Crippen molar-refractivity contribution in [1.82, 2.24) is 5.32 Å². The molecule has 18 heavy (non-hydrogen) atoms. The molecule has 3 nitrogen and oxygen atoms in total. The van der Waals surface area contributed by atoms with Crippen LogP contribution in [-0.4, -0.2) is 11.8 Å². The molecular weight excluding hydrogens is 268 g/mol. The van der Waals surface area contributed by atoms with Gasteiger partial charge < -0.3 is 10.6 Å². The van der Waals surface area contributed by atoms with Gasteiger partial charge in [-0.25, -0.2) is 0 Å². The van der Waals surface area contributed by atoms with Crippen molar-refractivity contribution in [2.45, 2.75) is 27.3 Å². The monoisotopic (exact) mass is 286 g/mol. The average Bonchev–Trinajstić information content (AvgIpc) is 2.28. The number of amides is 1. The lowest BCUT2D eigenvalue weighted by Crippen LogP contribution is -2.34. The summed E-state index contributed by atoms with van der Waals surface area (Å²) in [5.74, 6) is 0.540. The van der Waals surface area contributed by atoms with Gasteiger partial charge in [0.05, 0.1) is 16.6 Å². The van der Waals surface area contributed by atoms with Crippen LogP contribution >= 0.6 is 24.2 Å². The van der Waals surface area contributed by atoms with E-state index in [1.54, 1.807) is 0 Å². The number of carbonyl (C=O) groups is 1. The lowest BCUT2D eigenvalue weighted by Gasteiger charge is -2.18. The highest BCUT2D eigenvalue weighted by molar-refractivity contribution is 7.80. The fourth-order valence-corrected chi connectivity index (χ4v) is 1.71. The van der Waals surface area contributed by atoms with E-state index in [2.05, 4.69) is 23.3 Å². The Balaban J connectivity index is 2.68. The van der Waals surface area contributed by atoms with Gasteiger partial charge in [0, 0.05) is 12.0 Å². The Kier molecular flexibility index (Phi) is 5.35. The summed E-state index contributed by atoms with van der Waals surface area (Å²) in [5.41, 5.74) is 1.45. The van der Waals surface area contributed by atoms with Gasteiger partial charge in [-0.3, -0.25) is 4.79 Å². The highest BCUT2D eigenvalue weighted by atomic mass is 35.5. The summed E-state index contributed by atoms with van der Waals surface area (Å²) in [5, 5.41) is 6.60. The SMILES string of the molecule is CC(C)(C)C(=O)NCc1ccc(Cl)c(NCS)c1. The van der Waals surface area contributed by atoms with Gasteiger partial charge in [0.15, 0.2) is 0 Å². The molecule has 1 amide bonds. The summed E-state index contributed by atoms with van der Waals surface area (Å²) >= 11 is 10.1. The number of nitrogens with one attached hydrogen (secondary N) is 2. The average molecular weight is 287 g/mol. The van der Waals surface area contributed by atoms with Gasteiger partial charge >= 0.3 is 0 Å². The zero-order chi connectivity index (χ0) is 13.8. The van der Waals surface area contributed by atoms with E-state index >= 15 is 0 Å². The summed E-state index contributed by atoms with van der Waals surface area (Å²) in [6, 6.07) is 5.63. The Morgan fingerprint density at radius 1 is 1.39 bits per heavy atom. The number of hydrogen-bond donors (Lipinski definition) is 3. The van der Waals surface area contributed by atoms with Gasteiger partial charge in [0.2, 0.25) is 5.91 Å². The van der Waals surface area contributed by atoms with E-state index < -0.39 is 0 Å². The smallest absolute Gasteiger partial charge is 0.225 e. The van der Waals surface area contributed by atoms with Crippen molar-refractivity contribution in [2.24, 2.45) is 5.41 Å². The number of anilines is 1. The van der Waals surface area contributed by atoms with Crippen molar-refractivity contribution in [2.75, 3.05) is 11.2 Å². The maximum atomic E-state index is 11.8. The molecule has 0 aliphatic heterocycles. The Bertz CT molecular complexity index is 429. The van der Waals surface area contributed by atoms with Gasteiger partial charge in [-0.05, 0) is 17.7 Å². The number of thiol groups is 1. The van der Waals surface area contributed by atoms with Crippen molar-refractivity contribution in [3.05, 3.63) is 28.8 Å². The van der Waals surface area contributed by atoms with Crippen molar-refractivity contribution in [3.63, 3.8) is 0 Å². The molecule has 1 rings (SSSR count). The fourth-order valence-electron chi connectivity index (χ4n) is 1.35. The van der Waals surface area contributed by atoms with Crippen LogP contribution in [-0.2, 0) is 11.3 Å². The molecule has 0 spiro atoms. The van der Waals surface area contributed by atoms with Gasteiger partial charge in [0.25, 0.3) is 0 Å². The molecule has 100 valence electrons. The van der Waals surface area contributed by atoms with Crippen LogP contribution in [0.5, 0.6) is 0 Å².